The van der Waals surface area contributed by atoms with Gasteiger partial charge in [-0.25, -0.2) is 4.79 Å². The highest BCUT2D eigenvalue weighted by Crippen LogP contribution is 2.36. The zero-order valence-electron chi connectivity index (χ0n) is 13.2. The van der Waals surface area contributed by atoms with E-state index in [4.69, 9.17) is 11.6 Å². The fourth-order valence-corrected chi connectivity index (χ4v) is 2.82. The molecule has 0 unspecified atom stereocenters. The molecular weight excluding hydrogens is 314 g/mol. The fraction of sp³-hybridized carbons (Fsp3) is 0.412. The third-order valence-electron chi connectivity index (χ3n) is 3.85. The monoisotopic (exact) mass is 335 g/mol. The highest BCUT2D eigenvalue weighted by Gasteiger charge is 2.34. The molecule has 0 aliphatic heterocycles. The fourth-order valence-electron chi connectivity index (χ4n) is 2.52. The average Bonchev–Trinajstić information content (AvgIpc) is 3.35. The number of benzene rings is 1. The lowest BCUT2D eigenvalue weighted by molar-refractivity contribution is -0.121. The average molecular weight is 336 g/mol. The largest absolute Gasteiger partial charge is 0.334 e. The van der Waals surface area contributed by atoms with Gasteiger partial charge in [-0.2, -0.15) is 0 Å². The smallest absolute Gasteiger partial charge is 0.321 e. The minimum Gasteiger partial charge on any atom is -0.334 e. The molecule has 0 spiro atoms. The van der Waals surface area contributed by atoms with Crippen LogP contribution in [0.3, 0.4) is 0 Å². The molecule has 1 fully saturated rings. The van der Waals surface area contributed by atoms with Crippen molar-refractivity contribution in [2.75, 3.05) is 13.1 Å². The van der Waals surface area contributed by atoms with E-state index in [1.54, 1.807) is 6.08 Å². The van der Waals surface area contributed by atoms with Crippen LogP contribution in [0.25, 0.3) is 0 Å². The third-order valence-corrected chi connectivity index (χ3v) is 4.20. The Morgan fingerprint density at radius 2 is 2.13 bits per heavy atom. The van der Waals surface area contributed by atoms with Gasteiger partial charge in [0.25, 0.3) is 0 Å². The van der Waals surface area contributed by atoms with Crippen molar-refractivity contribution in [1.29, 1.82) is 0 Å². The first-order valence-electron chi connectivity index (χ1n) is 7.71. The van der Waals surface area contributed by atoms with Crippen molar-refractivity contribution in [2.24, 2.45) is 0 Å². The first-order valence-corrected chi connectivity index (χ1v) is 8.09. The number of carbonyl (C=O) groups is 2. The standard InChI is InChI=1S/C17H22ClN3O2/c1-3-10-19-17(23)20-16(22)11-21(13-8-9-13)12(2)14-6-4-5-7-15(14)18/h3-7,12-13H,1,8-11H2,2H3,(H2,19,20,22,23)/t12-/m0/s1. The van der Waals surface area contributed by atoms with Gasteiger partial charge in [-0.05, 0) is 31.4 Å². The SMILES string of the molecule is C=CCNC(=O)NC(=O)CN(C1CC1)[C@@H](C)c1ccccc1Cl. The van der Waals surface area contributed by atoms with Crippen molar-refractivity contribution in [3.8, 4) is 0 Å². The summed E-state index contributed by atoms with van der Waals surface area (Å²) in [4.78, 5) is 25.7. The quantitative estimate of drug-likeness (QED) is 0.753. The van der Waals surface area contributed by atoms with Gasteiger partial charge in [-0.3, -0.25) is 15.0 Å². The Bertz CT molecular complexity index is 587. The van der Waals surface area contributed by atoms with Crippen molar-refractivity contribution in [3.63, 3.8) is 0 Å². The molecule has 1 saturated carbocycles. The van der Waals surface area contributed by atoms with Crippen LogP contribution in [0.4, 0.5) is 4.79 Å². The maximum atomic E-state index is 12.1. The van der Waals surface area contributed by atoms with Crippen LogP contribution in [0.5, 0.6) is 0 Å². The van der Waals surface area contributed by atoms with E-state index in [9.17, 15) is 9.59 Å². The Labute approximate surface area is 141 Å². The van der Waals surface area contributed by atoms with Crippen LogP contribution >= 0.6 is 11.6 Å². The highest BCUT2D eigenvalue weighted by atomic mass is 35.5. The molecule has 1 aromatic rings. The molecule has 1 aliphatic carbocycles. The number of amides is 3. The number of halogens is 1. The second-order valence-electron chi connectivity index (χ2n) is 5.65. The van der Waals surface area contributed by atoms with Crippen molar-refractivity contribution in [1.82, 2.24) is 15.5 Å². The van der Waals surface area contributed by atoms with Crippen molar-refractivity contribution < 1.29 is 9.59 Å². The summed E-state index contributed by atoms with van der Waals surface area (Å²) in [6.07, 6.45) is 3.68. The number of nitrogens with one attached hydrogen (secondary N) is 2. The molecule has 2 rings (SSSR count). The van der Waals surface area contributed by atoms with Crippen LogP contribution in [-0.2, 0) is 4.79 Å². The van der Waals surface area contributed by atoms with Gasteiger partial charge in [0.1, 0.15) is 0 Å². The minimum absolute atomic E-state index is 0.0122. The summed E-state index contributed by atoms with van der Waals surface area (Å²) in [5.41, 5.74) is 0.991. The van der Waals surface area contributed by atoms with Gasteiger partial charge in [0.2, 0.25) is 5.91 Å². The van der Waals surface area contributed by atoms with E-state index in [1.165, 1.54) is 0 Å². The van der Waals surface area contributed by atoms with Crippen molar-refractivity contribution in [3.05, 3.63) is 47.5 Å². The maximum absolute atomic E-state index is 12.1. The van der Waals surface area contributed by atoms with E-state index in [0.29, 0.717) is 17.6 Å². The van der Waals surface area contributed by atoms with Crippen molar-refractivity contribution >= 4 is 23.5 Å². The van der Waals surface area contributed by atoms with Crippen LogP contribution in [-0.4, -0.2) is 36.0 Å². The minimum atomic E-state index is -0.504. The van der Waals surface area contributed by atoms with Gasteiger partial charge in [0.15, 0.2) is 0 Å². The van der Waals surface area contributed by atoms with Gasteiger partial charge >= 0.3 is 6.03 Å². The van der Waals surface area contributed by atoms with Gasteiger partial charge < -0.3 is 5.32 Å². The molecule has 1 atom stereocenters. The van der Waals surface area contributed by atoms with E-state index in [1.807, 2.05) is 31.2 Å². The molecule has 124 valence electrons. The molecular formula is C17H22ClN3O2. The number of hydrogen-bond donors (Lipinski definition) is 2. The summed E-state index contributed by atoms with van der Waals surface area (Å²) in [6, 6.07) is 7.51. The zero-order valence-corrected chi connectivity index (χ0v) is 14.0. The van der Waals surface area contributed by atoms with Crippen LogP contribution in [0, 0.1) is 0 Å². The van der Waals surface area contributed by atoms with E-state index < -0.39 is 6.03 Å². The van der Waals surface area contributed by atoms with Crippen molar-refractivity contribution in [2.45, 2.75) is 31.8 Å². The third kappa shape index (κ3) is 5.08. The normalized spacial score (nSPS) is 15.1. The lowest BCUT2D eigenvalue weighted by Gasteiger charge is -2.29. The Balaban J connectivity index is 1.99. The summed E-state index contributed by atoms with van der Waals surface area (Å²) in [5.74, 6) is -0.322. The predicted octanol–water partition coefficient (Wildman–Crippen LogP) is 2.88. The molecule has 6 heteroatoms. The Hall–Kier alpha value is -1.85. The predicted molar refractivity (Wildman–Crippen MR) is 91.3 cm³/mol. The number of imide groups is 1. The van der Waals surface area contributed by atoms with Crippen LogP contribution in [0.15, 0.2) is 36.9 Å². The maximum Gasteiger partial charge on any atom is 0.321 e. The number of urea groups is 1. The summed E-state index contributed by atoms with van der Waals surface area (Å²) >= 11 is 6.27. The number of carbonyl (C=O) groups excluding carboxylic acids is 2. The molecule has 0 radical (unpaired) electrons. The second-order valence-corrected chi connectivity index (χ2v) is 6.06. The molecule has 0 heterocycles. The number of nitrogens with zero attached hydrogens (tertiary/aromatic N) is 1. The topological polar surface area (TPSA) is 61.4 Å². The number of hydrogen-bond acceptors (Lipinski definition) is 3. The molecule has 0 saturated heterocycles. The van der Waals surface area contributed by atoms with Gasteiger partial charge in [0.05, 0.1) is 6.54 Å². The molecule has 0 bridgehead atoms. The molecule has 5 nitrogen and oxygen atoms in total. The first kappa shape index (κ1) is 17.5. The van der Waals surface area contributed by atoms with E-state index in [2.05, 4.69) is 22.1 Å². The van der Waals surface area contributed by atoms with E-state index in [-0.39, 0.29) is 18.5 Å². The first-order chi connectivity index (χ1) is 11.0. The molecule has 1 aromatic carbocycles. The Morgan fingerprint density at radius 3 is 2.74 bits per heavy atom. The van der Waals surface area contributed by atoms with Gasteiger partial charge in [0, 0.05) is 23.7 Å². The Morgan fingerprint density at radius 1 is 1.43 bits per heavy atom. The molecule has 23 heavy (non-hydrogen) atoms. The van der Waals surface area contributed by atoms with Crippen LogP contribution < -0.4 is 10.6 Å². The summed E-state index contributed by atoms with van der Waals surface area (Å²) in [7, 11) is 0. The Kier molecular flexibility index (Phi) is 6.19. The lowest BCUT2D eigenvalue weighted by Crippen LogP contribution is -2.45. The van der Waals surface area contributed by atoms with E-state index >= 15 is 0 Å². The van der Waals surface area contributed by atoms with Gasteiger partial charge in [-0.1, -0.05) is 35.9 Å². The van der Waals surface area contributed by atoms with Gasteiger partial charge in [-0.15, -0.1) is 6.58 Å². The second kappa shape index (κ2) is 8.13. The molecule has 1 aliphatic rings. The molecule has 2 N–H and O–H groups in total. The summed E-state index contributed by atoms with van der Waals surface area (Å²) in [6.45, 7) is 6.03. The summed E-state index contributed by atoms with van der Waals surface area (Å²) < 4.78 is 0. The molecule has 3 amide bonds. The van der Waals surface area contributed by atoms with Crippen LogP contribution in [0.1, 0.15) is 31.4 Å². The van der Waals surface area contributed by atoms with Crippen LogP contribution in [0.2, 0.25) is 5.02 Å². The highest BCUT2D eigenvalue weighted by molar-refractivity contribution is 6.31. The summed E-state index contributed by atoms with van der Waals surface area (Å²) in [5, 5.41) is 5.55. The van der Waals surface area contributed by atoms with E-state index in [0.717, 1.165) is 18.4 Å². The lowest BCUT2D eigenvalue weighted by atomic mass is 10.1. The molecule has 0 aromatic heterocycles. The zero-order chi connectivity index (χ0) is 16.8. The number of rotatable bonds is 7.